The molecule has 1 aliphatic rings. The Kier molecular flexibility index (Phi) is 8.34. The monoisotopic (exact) mass is 421 g/mol. The number of hydrogen-bond acceptors (Lipinski definition) is 5. The standard InChI is InChI=1S/C18H26F3N3O5/c1-9(2)13(15(27)18(19,20)21)23-16(28)11-6-5-7-24(11)17(29)14(10(3)4)22-12(26)8-25/h8-11,13-14H,5-7H2,1-4H3,(H,22,26)(H,23,28)/t11-,13-,14-/m0/s1. The molecule has 0 bridgehead atoms. The number of likely N-dealkylation sites (tertiary alicyclic amines) is 1. The molecule has 0 aliphatic carbocycles. The number of hydrogen-bond donors (Lipinski definition) is 2. The van der Waals surface area contributed by atoms with Gasteiger partial charge in [0.05, 0.1) is 6.04 Å². The van der Waals surface area contributed by atoms with Gasteiger partial charge < -0.3 is 15.5 Å². The van der Waals surface area contributed by atoms with Gasteiger partial charge in [-0.3, -0.25) is 24.0 Å². The molecule has 3 atom stereocenters. The van der Waals surface area contributed by atoms with Gasteiger partial charge in [-0.15, -0.1) is 0 Å². The minimum atomic E-state index is -5.10. The lowest BCUT2D eigenvalue weighted by molar-refractivity contribution is -0.175. The third-order valence-corrected chi connectivity index (χ3v) is 4.70. The van der Waals surface area contributed by atoms with Crippen molar-refractivity contribution >= 4 is 29.8 Å². The summed E-state index contributed by atoms with van der Waals surface area (Å²) in [6.07, 6.45) is -4.45. The Morgan fingerprint density at radius 2 is 1.55 bits per heavy atom. The lowest BCUT2D eigenvalue weighted by Crippen LogP contribution is -2.58. The zero-order valence-corrected chi connectivity index (χ0v) is 16.7. The molecule has 1 heterocycles. The first-order chi connectivity index (χ1) is 13.3. The van der Waals surface area contributed by atoms with Gasteiger partial charge in [0.25, 0.3) is 11.7 Å². The molecular weight excluding hydrogens is 395 g/mol. The highest BCUT2D eigenvalue weighted by Crippen LogP contribution is 2.24. The summed E-state index contributed by atoms with van der Waals surface area (Å²) >= 11 is 0. The minimum absolute atomic E-state index is 0.0206. The van der Waals surface area contributed by atoms with Crippen LogP contribution in [0.5, 0.6) is 0 Å². The van der Waals surface area contributed by atoms with E-state index in [0.717, 1.165) is 0 Å². The van der Waals surface area contributed by atoms with Crippen LogP contribution in [-0.4, -0.2) is 65.5 Å². The maximum Gasteiger partial charge on any atom is 0.452 e. The lowest BCUT2D eigenvalue weighted by Gasteiger charge is -2.31. The summed E-state index contributed by atoms with van der Waals surface area (Å²) in [7, 11) is 0. The van der Waals surface area contributed by atoms with E-state index in [1.807, 2.05) is 0 Å². The Hall–Kier alpha value is -2.46. The summed E-state index contributed by atoms with van der Waals surface area (Å²) in [6.45, 7) is 6.17. The Balaban J connectivity index is 3.00. The van der Waals surface area contributed by atoms with Crippen molar-refractivity contribution < 1.29 is 37.1 Å². The normalized spacial score (nSPS) is 19.1. The van der Waals surface area contributed by atoms with Gasteiger partial charge >= 0.3 is 6.18 Å². The summed E-state index contributed by atoms with van der Waals surface area (Å²) in [6, 6.07) is -3.91. The van der Waals surface area contributed by atoms with Crippen LogP contribution in [0.15, 0.2) is 0 Å². The van der Waals surface area contributed by atoms with Gasteiger partial charge in [0.15, 0.2) is 0 Å². The van der Waals surface area contributed by atoms with Crippen molar-refractivity contribution in [1.29, 1.82) is 0 Å². The average molecular weight is 421 g/mol. The summed E-state index contributed by atoms with van der Waals surface area (Å²) in [4.78, 5) is 60.2. The number of nitrogens with zero attached hydrogens (tertiary/aromatic N) is 1. The largest absolute Gasteiger partial charge is 0.452 e. The lowest BCUT2D eigenvalue weighted by atomic mass is 9.98. The van der Waals surface area contributed by atoms with Crippen molar-refractivity contribution in [2.24, 2.45) is 11.8 Å². The van der Waals surface area contributed by atoms with Gasteiger partial charge in [-0.05, 0) is 24.7 Å². The van der Waals surface area contributed by atoms with E-state index >= 15 is 0 Å². The number of amides is 3. The van der Waals surface area contributed by atoms with E-state index in [1.165, 1.54) is 18.7 Å². The van der Waals surface area contributed by atoms with Gasteiger partial charge in [0, 0.05) is 6.54 Å². The van der Waals surface area contributed by atoms with Crippen molar-refractivity contribution in [2.45, 2.75) is 64.8 Å². The second kappa shape index (κ2) is 9.84. The van der Waals surface area contributed by atoms with Crippen molar-refractivity contribution in [1.82, 2.24) is 15.5 Å². The second-order valence-electron chi connectivity index (χ2n) is 7.63. The van der Waals surface area contributed by atoms with Crippen LogP contribution in [-0.2, 0) is 24.0 Å². The van der Waals surface area contributed by atoms with Gasteiger partial charge in [-0.2, -0.15) is 13.2 Å². The molecule has 0 unspecified atom stereocenters. The number of halogens is 3. The van der Waals surface area contributed by atoms with Crippen LogP contribution in [0.4, 0.5) is 13.2 Å². The highest BCUT2D eigenvalue weighted by Gasteiger charge is 2.46. The molecule has 0 aromatic rings. The summed E-state index contributed by atoms with van der Waals surface area (Å²) in [5.41, 5.74) is 0. The smallest absolute Gasteiger partial charge is 0.344 e. The fourth-order valence-electron chi connectivity index (χ4n) is 3.14. The maximum atomic E-state index is 12.8. The average Bonchev–Trinajstić information content (AvgIpc) is 3.11. The third kappa shape index (κ3) is 6.26. The molecule has 1 fully saturated rings. The van der Waals surface area contributed by atoms with Crippen LogP contribution in [0.25, 0.3) is 0 Å². The highest BCUT2D eigenvalue weighted by atomic mass is 19.4. The molecule has 0 radical (unpaired) electrons. The van der Waals surface area contributed by atoms with Crippen LogP contribution in [0, 0.1) is 11.8 Å². The maximum absolute atomic E-state index is 12.8. The molecule has 0 aromatic carbocycles. The zero-order chi connectivity index (χ0) is 22.5. The van der Waals surface area contributed by atoms with Crippen LogP contribution < -0.4 is 10.6 Å². The third-order valence-electron chi connectivity index (χ3n) is 4.70. The number of carbonyl (C=O) groups excluding carboxylic acids is 5. The molecule has 1 aliphatic heterocycles. The first kappa shape index (κ1) is 24.6. The highest BCUT2D eigenvalue weighted by molar-refractivity contribution is 6.24. The number of nitrogens with one attached hydrogen (secondary N) is 2. The summed E-state index contributed by atoms with van der Waals surface area (Å²) in [5, 5.41) is 4.39. The first-order valence-electron chi connectivity index (χ1n) is 9.28. The Morgan fingerprint density at radius 3 is 2.00 bits per heavy atom. The number of rotatable bonds is 8. The molecule has 0 aromatic heterocycles. The number of aldehydes is 1. The molecule has 2 N–H and O–H groups in total. The quantitative estimate of drug-likeness (QED) is 0.440. The molecule has 29 heavy (non-hydrogen) atoms. The van der Waals surface area contributed by atoms with Gasteiger partial charge in [-0.25, -0.2) is 0 Å². The minimum Gasteiger partial charge on any atom is -0.344 e. The molecule has 11 heteroatoms. The van der Waals surface area contributed by atoms with Crippen molar-refractivity contribution in [3.05, 3.63) is 0 Å². The van der Waals surface area contributed by atoms with Crippen molar-refractivity contribution in [3.8, 4) is 0 Å². The van der Waals surface area contributed by atoms with E-state index in [0.29, 0.717) is 6.42 Å². The van der Waals surface area contributed by atoms with Crippen LogP contribution in [0.1, 0.15) is 40.5 Å². The Labute approximate surface area is 166 Å². The summed E-state index contributed by atoms with van der Waals surface area (Å²) < 4.78 is 38.4. The number of Topliss-reactive ketones (excluding diaryl/α,β-unsaturated/α-hetero) is 1. The Morgan fingerprint density at radius 1 is 1.00 bits per heavy atom. The fraction of sp³-hybridized carbons (Fsp3) is 0.722. The number of carbonyl (C=O) groups is 5. The SMILES string of the molecule is CC(C)[C@H](NC(=O)C=O)C(=O)N1CCC[C@H]1C(=O)N[C@H](C(=O)C(F)(F)F)C(C)C. The van der Waals surface area contributed by atoms with Gasteiger partial charge in [-0.1, -0.05) is 27.7 Å². The van der Waals surface area contributed by atoms with E-state index < -0.39 is 59.6 Å². The summed E-state index contributed by atoms with van der Waals surface area (Å²) in [5.74, 6) is -5.74. The van der Waals surface area contributed by atoms with E-state index in [1.54, 1.807) is 13.8 Å². The molecule has 3 amide bonds. The fourth-order valence-corrected chi connectivity index (χ4v) is 3.14. The van der Waals surface area contributed by atoms with E-state index in [9.17, 15) is 37.1 Å². The second-order valence-corrected chi connectivity index (χ2v) is 7.63. The van der Waals surface area contributed by atoms with Crippen LogP contribution in [0.3, 0.4) is 0 Å². The van der Waals surface area contributed by atoms with Crippen LogP contribution >= 0.6 is 0 Å². The number of ketones is 1. The van der Waals surface area contributed by atoms with Crippen molar-refractivity contribution in [2.75, 3.05) is 6.54 Å². The predicted molar refractivity (Wildman–Crippen MR) is 95.4 cm³/mol. The molecule has 8 nitrogen and oxygen atoms in total. The van der Waals surface area contributed by atoms with E-state index in [-0.39, 0.29) is 19.3 Å². The zero-order valence-electron chi connectivity index (χ0n) is 16.7. The molecule has 1 rings (SSSR count). The topological polar surface area (TPSA) is 113 Å². The molecule has 0 spiro atoms. The predicted octanol–water partition coefficient (Wildman–Crippen LogP) is 0.589. The molecule has 164 valence electrons. The molecule has 0 saturated carbocycles. The van der Waals surface area contributed by atoms with Crippen molar-refractivity contribution in [3.63, 3.8) is 0 Å². The molecule has 1 saturated heterocycles. The Bertz CT molecular complexity index is 664. The van der Waals surface area contributed by atoms with Gasteiger partial charge in [0.1, 0.15) is 12.1 Å². The van der Waals surface area contributed by atoms with Crippen LogP contribution in [0.2, 0.25) is 0 Å². The van der Waals surface area contributed by atoms with E-state index in [2.05, 4.69) is 10.6 Å². The first-order valence-corrected chi connectivity index (χ1v) is 9.28. The van der Waals surface area contributed by atoms with Gasteiger partial charge in [0.2, 0.25) is 18.1 Å². The molecular formula is C18H26F3N3O5. The van der Waals surface area contributed by atoms with E-state index in [4.69, 9.17) is 0 Å². The number of alkyl halides is 3.